The Morgan fingerprint density at radius 1 is 1.11 bits per heavy atom. The lowest BCUT2D eigenvalue weighted by atomic mass is 10.1. The molecule has 8 nitrogen and oxygen atoms in total. The number of carbonyl (C=O) groups excluding carboxylic acids is 1. The molecule has 0 unspecified atom stereocenters. The minimum atomic E-state index is -0.656. The Labute approximate surface area is 213 Å². The van der Waals surface area contributed by atoms with Crippen molar-refractivity contribution in [2.24, 2.45) is 0 Å². The van der Waals surface area contributed by atoms with Crippen molar-refractivity contribution in [1.29, 1.82) is 0 Å². The van der Waals surface area contributed by atoms with Gasteiger partial charge in [-0.15, -0.1) is 0 Å². The van der Waals surface area contributed by atoms with Crippen molar-refractivity contribution >= 4 is 11.6 Å². The highest BCUT2D eigenvalue weighted by molar-refractivity contribution is 5.94. The van der Waals surface area contributed by atoms with Crippen LogP contribution in [0.2, 0.25) is 0 Å². The van der Waals surface area contributed by atoms with Gasteiger partial charge in [0.1, 0.15) is 18.1 Å². The van der Waals surface area contributed by atoms with E-state index in [1.165, 1.54) is 12.3 Å². The van der Waals surface area contributed by atoms with E-state index in [-0.39, 0.29) is 35.9 Å². The molecule has 194 valence electrons. The Morgan fingerprint density at radius 3 is 2.59 bits per heavy atom. The van der Waals surface area contributed by atoms with E-state index in [0.717, 1.165) is 6.20 Å². The van der Waals surface area contributed by atoms with Gasteiger partial charge in [-0.2, -0.15) is 0 Å². The zero-order chi connectivity index (χ0) is 26.1. The van der Waals surface area contributed by atoms with Gasteiger partial charge in [0.25, 0.3) is 5.91 Å². The molecule has 10 heteroatoms. The first-order valence-corrected chi connectivity index (χ1v) is 12.5. The van der Waals surface area contributed by atoms with Crippen LogP contribution >= 0.6 is 0 Å². The number of halogens is 2. The van der Waals surface area contributed by atoms with Gasteiger partial charge in [0.15, 0.2) is 17.4 Å². The van der Waals surface area contributed by atoms with Gasteiger partial charge in [-0.1, -0.05) is 0 Å². The van der Waals surface area contributed by atoms with Gasteiger partial charge in [0.05, 0.1) is 36.5 Å². The summed E-state index contributed by atoms with van der Waals surface area (Å²) in [6.07, 6.45) is 3.58. The number of anilines is 1. The number of piperidine rings is 1. The van der Waals surface area contributed by atoms with Crippen LogP contribution in [0.25, 0.3) is 11.3 Å². The Hall–Kier alpha value is -3.66. The lowest BCUT2D eigenvalue weighted by Crippen LogP contribution is -2.40. The largest absolute Gasteiger partial charge is 0.486 e. The van der Waals surface area contributed by atoms with Gasteiger partial charge in [0.2, 0.25) is 0 Å². The second-order valence-electron chi connectivity index (χ2n) is 9.66. The smallest absolute Gasteiger partial charge is 0.255 e. The Kier molecular flexibility index (Phi) is 7.01. The first-order chi connectivity index (χ1) is 17.8. The van der Waals surface area contributed by atoms with E-state index in [9.17, 15) is 18.7 Å². The van der Waals surface area contributed by atoms with Crippen LogP contribution in [-0.2, 0) is 6.42 Å². The number of aliphatic hydroxyl groups is 1. The number of carbonyl (C=O) groups is 1. The van der Waals surface area contributed by atoms with Crippen molar-refractivity contribution < 1.29 is 23.4 Å². The summed E-state index contributed by atoms with van der Waals surface area (Å²) in [5, 5.41) is 9.65. The molecule has 0 saturated carbocycles. The molecular formula is C27H29F2N5O3. The number of nitrogens with zero attached hydrogens (tertiary/aromatic N) is 5. The number of hydrogen-bond acceptors (Lipinski definition) is 7. The van der Waals surface area contributed by atoms with Crippen molar-refractivity contribution in [2.45, 2.75) is 45.3 Å². The summed E-state index contributed by atoms with van der Waals surface area (Å²) in [6.45, 7) is 6.02. The molecule has 2 aliphatic heterocycles. The summed E-state index contributed by atoms with van der Waals surface area (Å²) >= 11 is 0. The SMILES string of the molecule is CC(C)N1CCOc2c(F)cc(-c3nc(Cc4ccc(C(=O)N5CCC(O)CC5)cn4)ncc3F)cc21. The summed E-state index contributed by atoms with van der Waals surface area (Å²) in [7, 11) is 0. The van der Waals surface area contributed by atoms with Crippen LogP contribution in [0.3, 0.4) is 0 Å². The summed E-state index contributed by atoms with van der Waals surface area (Å²) in [6, 6.07) is 6.46. The van der Waals surface area contributed by atoms with Crippen LogP contribution in [0.5, 0.6) is 5.75 Å². The highest BCUT2D eigenvalue weighted by Gasteiger charge is 2.26. The van der Waals surface area contributed by atoms with E-state index in [1.54, 1.807) is 23.1 Å². The molecule has 0 spiro atoms. The van der Waals surface area contributed by atoms with Gasteiger partial charge < -0.3 is 19.6 Å². The number of hydrogen-bond donors (Lipinski definition) is 1. The van der Waals surface area contributed by atoms with Crippen LogP contribution in [0, 0.1) is 11.6 Å². The number of fused-ring (bicyclic) bond motifs is 1. The minimum absolute atomic E-state index is 0.0000588. The van der Waals surface area contributed by atoms with Crippen molar-refractivity contribution in [2.75, 3.05) is 31.1 Å². The summed E-state index contributed by atoms with van der Waals surface area (Å²) in [5.41, 5.74) is 1.94. The maximum absolute atomic E-state index is 14.9. The number of rotatable bonds is 5. The predicted molar refractivity (Wildman–Crippen MR) is 134 cm³/mol. The van der Waals surface area contributed by atoms with Crippen molar-refractivity contribution in [3.8, 4) is 17.0 Å². The van der Waals surface area contributed by atoms with E-state index in [1.807, 2.05) is 18.7 Å². The van der Waals surface area contributed by atoms with Crippen LogP contribution in [0.15, 0.2) is 36.7 Å². The van der Waals surface area contributed by atoms with E-state index >= 15 is 0 Å². The highest BCUT2D eigenvalue weighted by Crippen LogP contribution is 2.39. The molecule has 1 saturated heterocycles. The molecule has 2 aromatic heterocycles. The Bertz CT molecular complexity index is 1290. The van der Waals surface area contributed by atoms with Gasteiger partial charge >= 0.3 is 0 Å². The first-order valence-electron chi connectivity index (χ1n) is 12.5. The maximum atomic E-state index is 14.9. The lowest BCUT2D eigenvalue weighted by molar-refractivity contribution is 0.0546. The second-order valence-corrected chi connectivity index (χ2v) is 9.66. The zero-order valence-electron chi connectivity index (χ0n) is 20.8. The number of aliphatic hydroxyl groups excluding tert-OH is 1. The van der Waals surface area contributed by atoms with E-state index in [4.69, 9.17) is 4.74 Å². The standard InChI is InChI=1S/C27H29F2N5O3/c1-16(2)34-9-10-37-26-21(28)11-18(12-23(26)34)25-22(29)15-31-24(32-25)13-19-4-3-17(14-30-19)27(36)33-7-5-20(35)6-8-33/h3-4,11-12,14-16,20,35H,5-10,13H2,1-2H3. The Balaban J connectivity index is 1.36. The second kappa shape index (κ2) is 10.4. The van der Waals surface area contributed by atoms with Crippen LogP contribution in [-0.4, -0.2) is 69.3 Å². The fourth-order valence-electron chi connectivity index (χ4n) is 4.74. The normalized spacial score (nSPS) is 16.1. The molecule has 0 aliphatic carbocycles. The molecule has 1 fully saturated rings. The third kappa shape index (κ3) is 5.24. The molecular weight excluding hydrogens is 480 g/mol. The van der Waals surface area contributed by atoms with Gasteiger partial charge in [-0.25, -0.2) is 18.7 Å². The molecule has 0 radical (unpaired) electrons. The molecule has 0 atom stereocenters. The van der Waals surface area contributed by atoms with Crippen LogP contribution in [0.4, 0.5) is 14.5 Å². The molecule has 37 heavy (non-hydrogen) atoms. The number of ether oxygens (including phenoxy) is 1. The third-order valence-electron chi connectivity index (χ3n) is 6.77. The quantitative estimate of drug-likeness (QED) is 0.562. The molecule has 4 heterocycles. The number of amides is 1. The van der Waals surface area contributed by atoms with Crippen molar-refractivity contribution in [1.82, 2.24) is 19.9 Å². The lowest BCUT2D eigenvalue weighted by Gasteiger charge is -2.34. The summed E-state index contributed by atoms with van der Waals surface area (Å²) in [5.74, 6) is -0.861. The van der Waals surface area contributed by atoms with E-state index < -0.39 is 11.6 Å². The molecule has 1 N–H and O–H groups in total. The third-order valence-corrected chi connectivity index (χ3v) is 6.77. The summed E-state index contributed by atoms with van der Waals surface area (Å²) < 4.78 is 35.2. The molecule has 1 amide bonds. The highest BCUT2D eigenvalue weighted by atomic mass is 19.1. The van der Waals surface area contributed by atoms with Gasteiger partial charge in [-0.05, 0) is 51.0 Å². The van der Waals surface area contributed by atoms with Crippen molar-refractivity contribution in [3.63, 3.8) is 0 Å². The number of aromatic nitrogens is 3. The average Bonchev–Trinajstić information content (AvgIpc) is 2.90. The average molecular weight is 510 g/mol. The van der Waals surface area contributed by atoms with E-state index in [0.29, 0.717) is 67.4 Å². The minimum Gasteiger partial charge on any atom is -0.486 e. The van der Waals surface area contributed by atoms with Gasteiger partial charge in [0, 0.05) is 36.6 Å². The monoisotopic (exact) mass is 509 g/mol. The van der Waals surface area contributed by atoms with Crippen molar-refractivity contribution in [3.05, 3.63) is 65.4 Å². The van der Waals surface area contributed by atoms with Crippen LogP contribution in [0.1, 0.15) is 48.6 Å². The Morgan fingerprint density at radius 2 is 1.89 bits per heavy atom. The number of likely N-dealkylation sites (tertiary alicyclic amines) is 1. The zero-order valence-corrected chi connectivity index (χ0v) is 20.8. The maximum Gasteiger partial charge on any atom is 0.255 e. The molecule has 0 bridgehead atoms. The fraction of sp³-hybridized carbons (Fsp3) is 0.407. The molecule has 5 rings (SSSR count). The molecule has 3 aromatic rings. The predicted octanol–water partition coefficient (Wildman–Crippen LogP) is 3.61. The fourth-order valence-corrected chi connectivity index (χ4v) is 4.74. The topological polar surface area (TPSA) is 91.7 Å². The van der Waals surface area contributed by atoms with Crippen LogP contribution < -0.4 is 9.64 Å². The first kappa shape index (κ1) is 25.0. The molecule has 1 aromatic carbocycles. The number of pyridine rings is 1. The van der Waals surface area contributed by atoms with Gasteiger partial charge in [-0.3, -0.25) is 9.78 Å². The molecule has 2 aliphatic rings. The summed E-state index contributed by atoms with van der Waals surface area (Å²) in [4.78, 5) is 29.3. The van der Waals surface area contributed by atoms with E-state index in [2.05, 4.69) is 15.0 Å². The number of benzene rings is 1.